The van der Waals surface area contributed by atoms with Crippen molar-refractivity contribution in [2.24, 2.45) is 5.92 Å². The SMILES string of the molecule is Cc1nc2c(c(C)c1CCC(=O)O)c1ccccc1n2Cc1ccc(C(C(=O)N2CCc3ccccc3C2)C2CCOCC2)cc1. The number of carbonyl (C=O) groups excluding carboxylic acids is 1. The molecule has 1 saturated heterocycles. The van der Waals surface area contributed by atoms with E-state index in [-0.39, 0.29) is 24.2 Å². The van der Waals surface area contributed by atoms with Gasteiger partial charge in [0.1, 0.15) is 5.65 Å². The number of carbonyl (C=O) groups is 2. The van der Waals surface area contributed by atoms with Gasteiger partial charge in [-0.15, -0.1) is 0 Å². The fraction of sp³-hybridized carbons (Fsp3) is 0.359. The molecule has 5 aromatic rings. The van der Waals surface area contributed by atoms with E-state index in [4.69, 9.17) is 9.72 Å². The Morgan fingerprint density at radius 3 is 2.43 bits per heavy atom. The molecule has 1 atom stereocenters. The topological polar surface area (TPSA) is 84.7 Å². The number of rotatable bonds is 8. The number of benzene rings is 3. The van der Waals surface area contributed by atoms with Crippen molar-refractivity contribution >= 4 is 33.8 Å². The van der Waals surface area contributed by atoms with Gasteiger partial charge in [0.2, 0.25) is 5.91 Å². The van der Waals surface area contributed by atoms with E-state index in [1.807, 2.05) is 13.0 Å². The average molecular weight is 616 g/mol. The maximum absolute atomic E-state index is 14.3. The van der Waals surface area contributed by atoms with Crippen LogP contribution in [0.25, 0.3) is 21.9 Å². The monoisotopic (exact) mass is 615 g/mol. The predicted octanol–water partition coefficient (Wildman–Crippen LogP) is 6.97. The van der Waals surface area contributed by atoms with Crippen molar-refractivity contribution in [3.05, 3.63) is 112 Å². The van der Waals surface area contributed by atoms with Gasteiger partial charge in [-0.2, -0.15) is 0 Å². The summed E-state index contributed by atoms with van der Waals surface area (Å²) in [4.78, 5) is 32.7. The zero-order chi connectivity index (χ0) is 31.8. The third-order valence-corrected chi connectivity index (χ3v) is 10.2. The molecule has 1 amide bonds. The first-order valence-corrected chi connectivity index (χ1v) is 16.5. The van der Waals surface area contributed by atoms with Gasteiger partial charge in [0.25, 0.3) is 0 Å². The average Bonchev–Trinajstić information content (AvgIpc) is 3.38. The van der Waals surface area contributed by atoms with Crippen molar-refractivity contribution in [2.45, 2.75) is 65.0 Å². The Morgan fingerprint density at radius 2 is 1.67 bits per heavy atom. The van der Waals surface area contributed by atoms with E-state index in [0.717, 1.165) is 75.7 Å². The number of hydrogen-bond acceptors (Lipinski definition) is 4. The van der Waals surface area contributed by atoms with Crippen molar-refractivity contribution < 1.29 is 19.4 Å². The number of aliphatic carboxylic acids is 1. The van der Waals surface area contributed by atoms with Crippen LogP contribution < -0.4 is 0 Å². The lowest BCUT2D eigenvalue weighted by Gasteiger charge is -2.36. The number of ether oxygens (including phenoxy) is 1. The first-order valence-electron chi connectivity index (χ1n) is 16.5. The lowest BCUT2D eigenvalue weighted by Crippen LogP contribution is -2.42. The molecule has 1 fully saturated rings. The number of carboxylic acid groups (broad SMARTS) is 1. The van der Waals surface area contributed by atoms with Crippen LogP contribution in [0.3, 0.4) is 0 Å². The van der Waals surface area contributed by atoms with Crippen molar-refractivity contribution in [3.8, 4) is 0 Å². The summed E-state index contributed by atoms with van der Waals surface area (Å²) in [5.41, 5.74) is 9.84. The van der Waals surface area contributed by atoms with Crippen molar-refractivity contribution in [1.82, 2.24) is 14.5 Å². The normalized spacial score (nSPS) is 16.1. The molecule has 2 aliphatic heterocycles. The highest BCUT2D eigenvalue weighted by atomic mass is 16.5. The van der Waals surface area contributed by atoms with E-state index in [1.165, 1.54) is 11.1 Å². The Balaban J connectivity index is 1.20. The Labute approximate surface area is 269 Å². The lowest BCUT2D eigenvalue weighted by molar-refractivity contribution is -0.137. The standard InChI is InChI=1S/C39H41N3O4/c1-25-32(15-16-35(43)44)26(2)40-38-36(25)33-9-5-6-10-34(33)42(38)23-27-11-13-29(14-12-27)37(30-18-21-46-22-19-30)39(45)41-20-17-28-7-3-4-8-31(28)24-41/h3-14,30,37H,15-24H2,1-2H3,(H,43,44). The summed E-state index contributed by atoms with van der Waals surface area (Å²) in [7, 11) is 0. The number of nitrogens with zero attached hydrogens (tertiary/aromatic N) is 3. The number of pyridine rings is 1. The molecule has 1 unspecified atom stereocenters. The highest BCUT2D eigenvalue weighted by Gasteiger charge is 2.35. The molecule has 7 rings (SSSR count). The molecule has 0 bridgehead atoms. The molecule has 0 radical (unpaired) electrons. The van der Waals surface area contributed by atoms with E-state index in [2.05, 4.69) is 83.1 Å². The maximum atomic E-state index is 14.3. The minimum absolute atomic E-state index is 0.0856. The van der Waals surface area contributed by atoms with Crippen molar-refractivity contribution in [3.63, 3.8) is 0 Å². The van der Waals surface area contributed by atoms with Gasteiger partial charge in [0, 0.05) is 55.7 Å². The molecule has 0 aliphatic carbocycles. The minimum Gasteiger partial charge on any atom is -0.481 e. The van der Waals surface area contributed by atoms with E-state index in [1.54, 1.807) is 0 Å². The number of aryl methyl sites for hydroxylation is 2. The van der Waals surface area contributed by atoms with Gasteiger partial charge < -0.3 is 19.3 Å². The summed E-state index contributed by atoms with van der Waals surface area (Å²) in [6.07, 6.45) is 3.23. The van der Waals surface area contributed by atoms with Crippen LogP contribution in [-0.4, -0.2) is 51.2 Å². The fourth-order valence-electron chi connectivity index (χ4n) is 7.74. The highest BCUT2D eigenvalue weighted by molar-refractivity contribution is 6.08. The number of carboxylic acids is 1. The van der Waals surface area contributed by atoms with Gasteiger partial charge in [-0.05, 0) is 84.9 Å². The van der Waals surface area contributed by atoms with Crippen molar-refractivity contribution in [2.75, 3.05) is 19.8 Å². The van der Waals surface area contributed by atoms with Crippen LogP contribution in [-0.2, 0) is 40.3 Å². The summed E-state index contributed by atoms with van der Waals surface area (Å²) in [5.74, 6) is -0.503. The molecule has 4 heterocycles. The number of hydrogen-bond donors (Lipinski definition) is 1. The smallest absolute Gasteiger partial charge is 0.303 e. The molecule has 0 spiro atoms. The van der Waals surface area contributed by atoms with Gasteiger partial charge in [-0.25, -0.2) is 4.98 Å². The predicted molar refractivity (Wildman–Crippen MR) is 180 cm³/mol. The van der Waals surface area contributed by atoms with Crippen LogP contribution in [0.5, 0.6) is 0 Å². The van der Waals surface area contributed by atoms with Gasteiger partial charge in [0.05, 0.1) is 11.4 Å². The summed E-state index contributed by atoms with van der Waals surface area (Å²) in [6, 6.07) is 25.5. The quantitative estimate of drug-likeness (QED) is 0.204. The van der Waals surface area contributed by atoms with Gasteiger partial charge in [-0.3, -0.25) is 9.59 Å². The van der Waals surface area contributed by atoms with Crippen LogP contribution in [0.1, 0.15) is 64.3 Å². The van der Waals surface area contributed by atoms with E-state index < -0.39 is 5.97 Å². The van der Waals surface area contributed by atoms with Crippen LogP contribution in [0.15, 0.2) is 72.8 Å². The van der Waals surface area contributed by atoms with Crippen molar-refractivity contribution in [1.29, 1.82) is 0 Å². The Hall–Kier alpha value is -4.49. The van der Waals surface area contributed by atoms with Gasteiger partial charge in [-0.1, -0.05) is 66.7 Å². The summed E-state index contributed by atoms with van der Waals surface area (Å²) >= 11 is 0. The number of amides is 1. The summed E-state index contributed by atoms with van der Waals surface area (Å²) in [5, 5.41) is 11.5. The Bertz CT molecular complexity index is 1920. The second kappa shape index (κ2) is 12.7. The third kappa shape index (κ3) is 5.69. The molecule has 2 aromatic heterocycles. The maximum Gasteiger partial charge on any atom is 0.303 e. The van der Waals surface area contributed by atoms with E-state index in [9.17, 15) is 14.7 Å². The molecule has 3 aromatic carbocycles. The van der Waals surface area contributed by atoms with Gasteiger partial charge >= 0.3 is 5.97 Å². The molecular formula is C39H41N3O4. The Kier molecular flexibility index (Phi) is 8.34. The second-order valence-electron chi connectivity index (χ2n) is 12.9. The number of aromatic nitrogens is 2. The highest BCUT2D eigenvalue weighted by Crippen LogP contribution is 2.37. The Morgan fingerprint density at radius 1 is 0.957 bits per heavy atom. The zero-order valence-corrected chi connectivity index (χ0v) is 26.7. The first-order chi connectivity index (χ1) is 22.4. The minimum atomic E-state index is -0.799. The summed E-state index contributed by atoms with van der Waals surface area (Å²) < 4.78 is 7.96. The van der Waals surface area contributed by atoms with Crippen LogP contribution >= 0.6 is 0 Å². The second-order valence-corrected chi connectivity index (χ2v) is 12.9. The molecule has 236 valence electrons. The molecular weight excluding hydrogens is 574 g/mol. The van der Waals surface area contributed by atoms with Crippen LogP contribution in [0.2, 0.25) is 0 Å². The van der Waals surface area contributed by atoms with E-state index in [0.29, 0.717) is 32.7 Å². The molecule has 7 nitrogen and oxygen atoms in total. The van der Waals surface area contributed by atoms with Crippen LogP contribution in [0, 0.1) is 19.8 Å². The fourth-order valence-corrected chi connectivity index (χ4v) is 7.74. The molecule has 46 heavy (non-hydrogen) atoms. The molecule has 7 heteroatoms. The molecule has 2 aliphatic rings. The van der Waals surface area contributed by atoms with E-state index >= 15 is 0 Å². The third-order valence-electron chi connectivity index (χ3n) is 10.2. The van der Waals surface area contributed by atoms with Crippen LogP contribution in [0.4, 0.5) is 0 Å². The van der Waals surface area contributed by atoms with Gasteiger partial charge in [0.15, 0.2) is 0 Å². The largest absolute Gasteiger partial charge is 0.481 e. The number of para-hydroxylation sites is 1. The first kappa shape index (κ1) is 30.2. The summed E-state index contributed by atoms with van der Waals surface area (Å²) in [6.45, 7) is 7.54. The lowest BCUT2D eigenvalue weighted by atomic mass is 9.79. The molecule has 1 N–H and O–H groups in total. The zero-order valence-electron chi connectivity index (χ0n) is 26.7. The molecule has 0 saturated carbocycles. The number of fused-ring (bicyclic) bond motifs is 4.